The van der Waals surface area contributed by atoms with Gasteiger partial charge in [0.15, 0.2) is 0 Å². The first-order valence-corrected chi connectivity index (χ1v) is 11.9. The van der Waals surface area contributed by atoms with Gasteiger partial charge >= 0.3 is 18.4 Å². The minimum absolute atomic E-state index is 0.222. The number of amides is 2. The molecule has 1 aromatic heterocycles. The highest BCUT2D eigenvalue weighted by molar-refractivity contribution is 6.01. The van der Waals surface area contributed by atoms with Gasteiger partial charge in [-0.3, -0.25) is 4.98 Å². The van der Waals surface area contributed by atoms with Crippen molar-refractivity contribution in [2.75, 3.05) is 18.4 Å². The standard InChI is InChI=1S/C19H16F3N3O.C9H10F3N/c20-19(21,22)15-5-1-3-13(11-15)7-10-24-18(26)25-17-6-2-4-14-12-23-9-8-16(14)17;10-9(11,12)8-3-1-2-7(6-8)4-5-13/h1-6,8-9,11-12H,7,10H2,(H2,24,25,26);1-3,6H,4-5,13H2. The van der Waals surface area contributed by atoms with E-state index < -0.39 is 29.5 Å². The van der Waals surface area contributed by atoms with Crippen molar-refractivity contribution >= 4 is 22.5 Å². The molecule has 206 valence electrons. The molecule has 0 bridgehead atoms. The lowest BCUT2D eigenvalue weighted by Crippen LogP contribution is -2.30. The molecule has 39 heavy (non-hydrogen) atoms. The predicted molar refractivity (Wildman–Crippen MR) is 138 cm³/mol. The number of nitrogens with zero attached hydrogens (tertiary/aromatic N) is 1. The van der Waals surface area contributed by atoms with Crippen LogP contribution in [-0.4, -0.2) is 24.1 Å². The molecule has 11 heteroatoms. The Morgan fingerprint density at radius 1 is 0.795 bits per heavy atom. The summed E-state index contributed by atoms with van der Waals surface area (Å²) in [6, 6.07) is 17.2. The fourth-order valence-corrected chi connectivity index (χ4v) is 3.69. The lowest BCUT2D eigenvalue weighted by molar-refractivity contribution is -0.138. The molecule has 0 unspecified atom stereocenters. The Bertz CT molecular complexity index is 1380. The van der Waals surface area contributed by atoms with Crippen LogP contribution in [0, 0.1) is 0 Å². The minimum atomic E-state index is -4.37. The van der Waals surface area contributed by atoms with Gasteiger partial charge in [-0.05, 0) is 54.8 Å². The third-order valence-corrected chi connectivity index (χ3v) is 5.57. The van der Waals surface area contributed by atoms with Crippen LogP contribution < -0.4 is 16.4 Å². The van der Waals surface area contributed by atoms with E-state index in [9.17, 15) is 31.1 Å². The molecule has 2 amide bonds. The number of hydrogen-bond acceptors (Lipinski definition) is 3. The number of alkyl halides is 6. The maximum absolute atomic E-state index is 12.7. The van der Waals surface area contributed by atoms with E-state index in [1.807, 2.05) is 12.1 Å². The molecule has 0 fully saturated rings. The summed E-state index contributed by atoms with van der Waals surface area (Å²) in [7, 11) is 0. The molecule has 0 saturated carbocycles. The third-order valence-electron chi connectivity index (χ3n) is 5.57. The molecule has 1 heterocycles. The Morgan fingerprint density at radius 3 is 1.97 bits per heavy atom. The maximum Gasteiger partial charge on any atom is 0.416 e. The zero-order valence-corrected chi connectivity index (χ0v) is 20.6. The van der Waals surface area contributed by atoms with Gasteiger partial charge in [-0.15, -0.1) is 0 Å². The SMILES string of the molecule is NCCc1cccc(C(F)(F)F)c1.O=C(NCCc1cccc(C(F)(F)F)c1)Nc1cccc2cnccc12. The number of urea groups is 1. The highest BCUT2D eigenvalue weighted by Gasteiger charge is 2.31. The Balaban J connectivity index is 0.000000272. The molecule has 0 saturated heterocycles. The molecule has 4 aromatic rings. The lowest BCUT2D eigenvalue weighted by atomic mass is 10.1. The van der Waals surface area contributed by atoms with Gasteiger partial charge in [-0.2, -0.15) is 26.3 Å². The number of pyridine rings is 1. The number of nitrogens with one attached hydrogen (secondary N) is 2. The smallest absolute Gasteiger partial charge is 0.338 e. The van der Waals surface area contributed by atoms with Crippen LogP contribution in [0.5, 0.6) is 0 Å². The molecular formula is C28H26F6N4O. The zero-order chi connectivity index (χ0) is 28.5. The summed E-state index contributed by atoms with van der Waals surface area (Å²) in [5.41, 5.74) is 5.71. The van der Waals surface area contributed by atoms with E-state index in [2.05, 4.69) is 15.6 Å². The van der Waals surface area contributed by atoms with Crippen molar-refractivity contribution in [2.45, 2.75) is 25.2 Å². The van der Waals surface area contributed by atoms with Crippen molar-refractivity contribution in [3.8, 4) is 0 Å². The largest absolute Gasteiger partial charge is 0.416 e. The van der Waals surface area contributed by atoms with Gasteiger partial charge in [0.2, 0.25) is 0 Å². The predicted octanol–water partition coefficient (Wildman–Crippen LogP) is 6.82. The lowest BCUT2D eigenvalue weighted by Gasteiger charge is -2.11. The van der Waals surface area contributed by atoms with Crippen LogP contribution in [0.1, 0.15) is 22.3 Å². The summed E-state index contributed by atoms with van der Waals surface area (Å²) in [6.07, 6.45) is -4.51. The number of carbonyl (C=O) groups excluding carboxylic acids is 1. The highest BCUT2D eigenvalue weighted by Crippen LogP contribution is 2.30. The highest BCUT2D eigenvalue weighted by atomic mass is 19.4. The van der Waals surface area contributed by atoms with Crippen LogP contribution in [-0.2, 0) is 25.2 Å². The van der Waals surface area contributed by atoms with Crippen LogP contribution in [0.3, 0.4) is 0 Å². The normalized spacial score (nSPS) is 11.5. The summed E-state index contributed by atoms with van der Waals surface area (Å²) in [6.45, 7) is 0.584. The molecular weight excluding hydrogens is 522 g/mol. The second kappa shape index (κ2) is 13.1. The van der Waals surface area contributed by atoms with Crippen molar-refractivity contribution in [3.05, 3.63) is 107 Å². The first kappa shape index (κ1) is 29.4. The Hall–Kier alpha value is -4.12. The van der Waals surface area contributed by atoms with Crippen LogP contribution in [0.15, 0.2) is 85.2 Å². The van der Waals surface area contributed by atoms with Crippen LogP contribution in [0.2, 0.25) is 0 Å². The molecule has 5 nitrogen and oxygen atoms in total. The average Bonchev–Trinajstić information content (AvgIpc) is 2.89. The van der Waals surface area contributed by atoms with Gasteiger partial charge in [0.05, 0.1) is 16.8 Å². The fourth-order valence-electron chi connectivity index (χ4n) is 3.69. The topological polar surface area (TPSA) is 80.0 Å². The Labute approximate surface area is 221 Å². The summed E-state index contributed by atoms with van der Waals surface area (Å²) >= 11 is 0. The molecule has 0 aliphatic rings. The molecule has 3 aromatic carbocycles. The van der Waals surface area contributed by atoms with Gasteiger partial charge in [0.1, 0.15) is 0 Å². The zero-order valence-electron chi connectivity index (χ0n) is 20.6. The molecule has 0 atom stereocenters. The number of hydrogen-bond donors (Lipinski definition) is 3. The van der Waals surface area contributed by atoms with Crippen molar-refractivity contribution in [3.63, 3.8) is 0 Å². The van der Waals surface area contributed by atoms with Crippen LogP contribution >= 0.6 is 0 Å². The van der Waals surface area contributed by atoms with Gasteiger partial charge in [0.25, 0.3) is 0 Å². The molecule has 4 rings (SSSR count). The third kappa shape index (κ3) is 8.99. The molecule has 4 N–H and O–H groups in total. The Morgan fingerprint density at radius 2 is 1.38 bits per heavy atom. The van der Waals surface area contributed by atoms with Crippen LogP contribution in [0.25, 0.3) is 10.8 Å². The maximum atomic E-state index is 12.7. The minimum Gasteiger partial charge on any atom is -0.338 e. The van der Waals surface area contributed by atoms with Gasteiger partial charge in [-0.1, -0.05) is 48.5 Å². The second-order valence-corrected chi connectivity index (χ2v) is 8.47. The van der Waals surface area contributed by atoms with Crippen molar-refractivity contribution < 1.29 is 31.1 Å². The van der Waals surface area contributed by atoms with Crippen molar-refractivity contribution in [1.82, 2.24) is 10.3 Å². The number of aromatic nitrogens is 1. The number of halogens is 6. The van der Waals surface area contributed by atoms with E-state index in [4.69, 9.17) is 5.73 Å². The first-order valence-electron chi connectivity index (χ1n) is 11.9. The van der Waals surface area contributed by atoms with Crippen LogP contribution in [0.4, 0.5) is 36.8 Å². The Kier molecular flexibility index (Phi) is 9.89. The number of rotatable bonds is 6. The van der Waals surface area contributed by atoms with Gasteiger partial charge in [-0.25, -0.2) is 4.79 Å². The molecule has 0 spiro atoms. The van der Waals surface area contributed by atoms with E-state index >= 15 is 0 Å². The monoisotopic (exact) mass is 548 g/mol. The van der Waals surface area contributed by atoms with E-state index in [0.29, 0.717) is 36.2 Å². The average molecular weight is 549 g/mol. The number of fused-ring (bicyclic) bond motifs is 1. The van der Waals surface area contributed by atoms with E-state index in [1.54, 1.807) is 36.7 Å². The second-order valence-electron chi connectivity index (χ2n) is 8.47. The first-order chi connectivity index (χ1) is 18.5. The summed E-state index contributed by atoms with van der Waals surface area (Å²) in [5.74, 6) is 0. The quantitative estimate of drug-likeness (QED) is 0.231. The van der Waals surface area contributed by atoms with Gasteiger partial charge in [0, 0.05) is 29.7 Å². The van der Waals surface area contributed by atoms with Crippen molar-refractivity contribution in [2.24, 2.45) is 5.73 Å². The molecule has 0 aliphatic heterocycles. The van der Waals surface area contributed by atoms with E-state index in [-0.39, 0.29) is 6.54 Å². The summed E-state index contributed by atoms with van der Waals surface area (Å²) in [5, 5.41) is 7.16. The van der Waals surface area contributed by atoms with E-state index in [0.717, 1.165) is 35.0 Å². The number of anilines is 1. The fraction of sp³-hybridized carbons (Fsp3) is 0.214. The van der Waals surface area contributed by atoms with E-state index in [1.165, 1.54) is 12.1 Å². The summed E-state index contributed by atoms with van der Waals surface area (Å²) in [4.78, 5) is 16.1. The van der Waals surface area contributed by atoms with Gasteiger partial charge < -0.3 is 16.4 Å². The summed E-state index contributed by atoms with van der Waals surface area (Å²) < 4.78 is 74.6. The molecule has 0 aliphatic carbocycles. The number of benzene rings is 3. The molecule has 0 radical (unpaired) electrons. The van der Waals surface area contributed by atoms with Crippen molar-refractivity contribution in [1.29, 1.82) is 0 Å². The number of nitrogens with two attached hydrogens (primary N) is 1. The number of carbonyl (C=O) groups is 1.